The second kappa shape index (κ2) is 4.40. The number of carboxylic acids is 1. The van der Waals surface area contributed by atoms with Crippen LogP contribution in [0, 0.1) is 33.5 Å². The smallest absolute Gasteiger partial charge is 0.309 e. The van der Waals surface area contributed by atoms with Crippen LogP contribution in [0.1, 0.15) is 78.6 Å². The summed E-state index contributed by atoms with van der Waals surface area (Å²) in [6.07, 6.45) is 9.04. The highest BCUT2D eigenvalue weighted by Crippen LogP contribution is 2.72. The largest absolute Gasteiger partial charge is 0.481 e. The van der Waals surface area contributed by atoms with Gasteiger partial charge in [-0.1, -0.05) is 20.3 Å². The number of carbonyl (C=O) groups is 2. The topological polar surface area (TPSA) is 54.4 Å². The van der Waals surface area contributed by atoms with E-state index in [1.807, 2.05) is 6.92 Å². The summed E-state index contributed by atoms with van der Waals surface area (Å²) in [5.41, 5.74) is -0.357. The lowest BCUT2D eigenvalue weighted by atomic mass is 9.40. The van der Waals surface area contributed by atoms with Gasteiger partial charge in [0.25, 0.3) is 0 Å². The van der Waals surface area contributed by atoms with E-state index in [0.717, 1.165) is 57.8 Å². The third kappa shape index (κ3) is 1.77. The number of hydrogen-bond donors (Lipinski definition) is 1. The molecule has 3 nitrogen and oxygen atoms in total. The fourth-order valence-corrected chi connectivity index (χ4v) is 7.76. The zero-order chi connectivity index (χ0) is 16.7. The van der Waals surface area contributed by atoms with Gasteiger partial charge < -0.3 is 5.11 Å². The number of hydrogen-bond acceptors (Lipinski definition) is 2. The van der Waals surface area contributed by atoms with Crippen LogP contribution in [-0.2, 0) is 9.59 Å². The van der Waals surface area contributed by atoms with E-state index in [0.29, 0.717) is 11.7 Å². The Labute approximate surface area is 139 Å². The average molecular weight is 318 g/mol. The molecule has 0 aliphatic heterocycles. The summed E-state index contributed by atoms with van der Waals surface area (Å²) in [5, 5.41) is 9.91. The number of aliphatic carboxylic acids is 1. The number of rotatable bonds is 1. The Morgan fingerprint density at radius 1 is 1.04 bits per heavy atom. The molecule has 2 bridgehead atoms. The summed E-state index contributed by atoms with van der Waals surface area (Å²) in [7, 11) is 0. The lowest BCUT2D eigenvalue weighted by Crippen LogP contribution is -2.58. The summed E-state index contributed by atoms with van der Waals surface area (Å²) >= 11 is 0. The Bertz CT molecular complexity index is 583. The van der Waals surface area contributed by atoms with Crippen molar-refractivity contribution in [1.82, 2.24) is 0 Å². The first-order valence-electron chi connectivity index (χ1n) is 9.43. The molecule has 3 heteroatoms. The zero-order valence-corrected chi connectivity index (χ0v) is 14.8. The van der Waals surface area contributed by atoms with Crippen molar-refractivity contribution in [3.63, 3.8) is 0 Å². The molecule has 0 aromatic heterocycles. The van der Waals surface area contributed by atoms with Crippen LogP contribution < -0.4 is 0 Å². The number of carbonyl (C=O) groups excluding carboxylic acids is 1. The van der Waals surface area contributed by atoms with Crippen LogP contribution >= 0.6 is 0 Å². The van der Waals surface area contributed by atoms with Gasteiger partial charge in [0.1, 0.15) is 5.78 Å². The number of Topliss-reactive ketones (excluding diaryl/α,β-unsaturated/α-hetero) is 1. The molecule has 1 N–H and O–H groups in total. The molecule has 4 aliphatic rings. The van der Waals surface area contributed by atoms with Gasteiger partial charge in [-0.2, -0.15) is 0 Å². The molecule has 4 aliphatic carbocycles. The molecule has 1 unspecified atom stereocenters. The van der Waals surface area contributed by atoms with Crippen LogP contribution in [0.5, 0.6) is 0 Å². The zero-order valence-electron chi connectivity index (χ0n) is 14.8. The predicted molar refractivity (Wildman–Crippen MR) is 87.9 cm³/mol. The van der Waals surface area contributed by atoms with Crippen LogP contribution in [0.15, 0.2) is 0 Å². The second-order valence-corrected chi connectivity index (χ2v) is 9.96. The fourth-order valence-electron chi connectivity index (χ4n) is 7.76. The van der Waals surface area contributed by atoms with Crippen molar-refractivity contribution in [2.24, 2.45) is 33.5 Å². The third-order valence-corrected chi connectivity index (χ3v) is 8.84. The van der Waals surface area contributed by atoms with Crippen molar-refractivity contribution in [3.8, 4) is 0 Å². The molecule has 0 aromatic carbocycles. The quantitative estimate of drug-likeness (QED) is 0.777. The van der Waals surface area contributed by atoms with Crippen molar-refractivity contribution < 1.29 is 14.7 Å². The highest BCUT2D eigenvalue weighted by atomic mass is 16.4. The minimum atomic E-state index is -0.604. The van der Waals surface area contributed by atoms with Gasteiger partial charge in [-0.3, -0.25) is 9.59 Å². The molecular formula is C20H30O3. The van der Waals surface area contributed by atoms with Gasteiger partial charge in [0, 0.05) is 11.8 Å². The van der Waals surface area contributed by atoms with E-state index in [9.17, 15) is 14.7 Å². The van der Waals surface area contributed by atoms with Crippen LogP contribution in [0.3, 0.4) is 0 Å². The fraction of sp³-hybridized carbons (Fsp3) is 0.900. The molecule has 4 saturated carbocycles. The minimum absolute atomic E-state index is 0.0789. The van der Waals surface area contributed by atoms with Gasteiger partial charge in [0.05, 0.1) is 5.41 Å². The van der Waals surface area contributed by atoms with E-state index in [1.54, 1.807) is 0 Å². The van der Waals surface area contributed by atoms with Gasteiger partial charge >= 0.3 is 5.97 Å². The summed E-state index contributed by atoms with van der Waals surface area (Å²) in [6, 6.07) is 0. The molecule has 4 rings (SSSR count). The lowest BCUT2D eigenvalue weighted by molar-refractivity contribution is -0.182. The number of ketones is 1. The van der Waals surface area contributed by atoms with E-state index in [2.05, 4.69) is 13.8 Å². The van der Waals surface area contributed by atoms with Gasteiger partial charge in [-0.05, 0) is 74.5 Å². The molecule has 128 valence electrons. The molecule has 0 aromatic rings. The summed E-state index contributed by atoms with van der Waals surface area (Å²) in [6.45, 7) is 6.54. The maximum Gasteiger partial charge on any atom is 0.309 e. The van der Waals surface area contributed by atoms with Crippen molar-refractivity contribution in [1.29, 1.82) is 0 Å². The van der Waals surface area contributed by atoms with Gasteiger partial charge in [0.15, 0.2) is 0 Å². The summed E-state index contributed by atoms with van der Waals surface area (Å²) in [4.78, 5) is 24.7. The first-order valence-corrected chi connectivity index (χ1v) is 9.43. The van der Waals surface area contributed by atoms with Crippen LogP contribution in [0.4, 0.5) is 0 Å². The van der Waals surface area contributed by atoms with E-state index in [-0.39, 0.29) is 22.2 Å². The van der Waals surface area contributed by atoms with E-state index in [4.69, 9.17) is 0 Å². The highest BCUT2D eigenvalue weighted by Gasteiger charge is 2.68. The van der Waals surface area contributed by atoms with Crippen molar-refractivity contribution >= 4 is 11.8 Å². The first kappa shape index (κ1) is 15.7. The van der Waals surface area contributed by atoms with Crippen LogP contribution in [-0.4, -0.2) is 16.9 Å². The Kier molecular flexibility index (Phi) is 3.00. The van der Waals surface area contributed by atoms with Crippen molar-refractivity contribution in [2.45, 2.75) is 78.6 Å². The van der Waals surface area contributed by atoms with Crippen LogP contribution in [0.2, 0.25) is 0 Å². The minimum Gasteiger partial charge on any atom is -0.481 e. The summed E-state index contributed by atoms with van der Waals surface area (Å²) < 4.78 is 0. The first-order chi connectivity index (χ1) is 10.7. The Balaban J connectivity index is 1.76. The number of carboxylic acid groups (broad SMARTS) is 1. The van der Waals surface area contributed by atoms with Crippen molar-refractivity contribution in [3.05, 3.63) is 0 Å². The highest BCUT2D eigenvalue weighted by molar-refractivity contribution is 5.88. The maximum atomic E-state index is 12.6. The van der Waals surface area contributed by atoms with Gasteiger partial charge in [0.2, 0.25) is 0 Å². The average Bonchev–Trinajstić information content (AvgIpc) is 2.63. The van der Waals surface area contributed by atoms with E-state index >= 15 is 0 Å². The third-order valence-electron chi connectivity index (χ3n) is 8.84. The van der Waals surface area contributed by atoms with E-state index < -0.39 is 11.4 Å². The van der Waals surface area contributed by atoms with E-state index in [1.165, 1.54) is 0 Å². The van der Waals surface area contributed by atoms with Crippen LogP contribution in [0.25, 0.3) is 0 Å². The molecule has 1 spiro atoms. The Hall–Kier alpha value is -0.860. The SMILES string of the molecule is CC12CC[C@@H]3[C@@](CC[C@H]4[C@@]3(C)CCC[C@@]4(C)C(=O)O)(CC1=O)C2. The monoisotopic (exact) mass is 318 g/mol. The molecule has 0 amide bonds. The maximum absolute atomic E-state index is 12.6. The molecule has 0 heterocycles. The molecular weight excluding hydrogens is 288 g/mol. The normalized spacial score (nSPS) is 55.2. The molecule has 4 fully saturated rings. The van der Waals surface area contributed by atoms with Crippen molar-refractivity contribution in [2.75, 3.05) is 0 Å². The molecule has 23 heavy (non-hydrogen) atoms. The Morgan fingerprint density at radius 3 is 2.43 bits per heavy atom. The molecule has 0 saturated heterocycles. The predicted octanol–water partition coefficient (Wildman–Crippen LogP) is 4.44. The van der Waals surface area contributed by atoms with Gasteiger partial charge in [-0.15, -0.1) is 0 Å². The summed E-state index contributed by atoms with van der Waals surface area (Å²) in [5.74, 6) is 0.704. The molecule has 0 radical (unpaired) electrons. The van der Waals surface area contributed by atoms with Gasteiger partial charge in [-0.25, -0.2) is 0 Å². The molecule has 6 atom stereocenters. The Morgan fingerprint density at radius 2 is 1.74 bits per heavy atom. The second-order valence-electron chi connectivity index (χ2n) is 9.96. The lowest BCUT2D eigenvalue weighted by Gasteiger charge is -2.63. The number of fused-ring (bicyclic) bond motifs is 3. The standard InChI is InChI=1S/C20H30O3/c1-17-9-5-14-18(2)7-4-8-19(3,16(22)23)13(18)6-10-20(14,12-17)11-15(17)21/h13-14H,4-12H2,1-3H3,(H,22,23)/t13-,14-,17?,18+,19+,20-/m0/s1.